The summed E-state index contributed by atoms with van der Waals surface area (Å²) in [6.07, 6.45) is 0. The molecule has 1 saturated heterocycles. The van der Waals surface area contributed by atoms with Crippen LogP contribution in [-0.4, -0.2) is 55.1 Å². The molecule has 1 aliphatic heterocycles. The maximum atomic E-state index is 12.2. The summed E-state index contributed by atoms with van der Waals surface area (Å²) in [6.45, 7) is 7.56. The number of carbonyl (C=O) groups is 1. The third-order valence-electron chi connectivity index (χ3n) is 4.98. The van der Waals surface area contributed by atoms with Crippen LogP contribution < -0.4 is 10.2 Å². The predicted molar refractivity (Wildman–Crippen MR) is 119 cm³/mol. The van der Waals surface area contributed by atoms with E-state index in [0.29, 0.717) is 12.1 Å². The van der Waals surface area contributed by atoms with Gasteiger partial charge in [0, 0.05) is 49.3 Å². The van der Waals surface area contributed by atoms with Gasteiger partial charge in [-0.3, -0.25) is 9.69 Å². The fourth-order valence-corrected chi connectivity index (χ4v) is 4.89. The van der Waals surface area contributed by atoms with Crippen molar-refractivity contribution in [1.82, 2.24) is 15.2 Å². The molecule has 28 heavy (non-hydrogen) atoms. The second-order valence-electron chi connectivity index (χ2n) is 7.06. The van der Waals surface area contributed by atoms with Gasteiger partial charge in [-0.1, -0.05) is 39.4 Å². The van der Waals surface area contributed by atoms with E-state index in [1.807, 2.05) is 24.3 Å². The van der Waals surface area contributed by atoms with Crippen LogP contribution in [0.4, 0.5) is 5.13 Å². The summed E-state index contributed by atoms with van der Waals surface area (Å²) in [5.74, 6) is -0.0234. The number of hydrogen-bond acceptors (Lipinski definition) is 5. The zero-order valence-electron chi connectivity index (χ0n) is 15.8. The van der Waals surface area contributed by atoms with Crippen LogP contribution in [0.25, 0.3) is 10.2 Å². The normalized spacial score (nSPS) is 15.1. The number of benzene rings is 2. The molecule has 3 aromatic rings. The van der Waals surface area contributed by atoms with Crippen LogP contribution in [-0.2, 0) is 0 Å². The Morgan fingerprint density at radius 1 is 1.18 bits per heavy atom. The Labute approximate surface area is 177 Å². The Kier molecular flexibility index (Phi) is 5.94. The molecule has 1 amide bonds. The SMILES string of the molecule is Cc1ccc2nc(N3CCN(CCNC(=O)c4cccc(Br)c4)CC3)sc2c1. The lowest BCUT2D eigenvalue weighted by molar-refractivity contribution is 0.0947. The van der Waals surface area contributed by atoms with Crippen molar-refractivity contribution in [3.8, 4) is 0 Å². The molecule has 4 rings (SSSR count). The van der Waals surface area contributed by atoms with Gasteiger partial charge in [-0.05, 0) is 42.8 Å². The maximum absolute atomic E-state index is 12.2. The smallest absolute Gasteiger partial charge is 0.251 e. The molecule has 0 aliphatic carbocycles. The van der Waals surface area contributed by atoms with Crippen LogP contribution in [0.1, 0.15) is 15.9 Å². The van der Waals surface area contributed by atoms with Gasteiger partial charge in [0.05, 0.1) is 10.2 Å². The fraction of sp³-hybridized carbons (Fsp3) is 0.333. The number of fused-ring (bicyclic) bond motifs is 1. The average molecular weight is 459 g/mol. The summed E-state index contributed by atoms with van der Waals surface area (Å²) in [5, 5.41) is 4.13. The highest BCUT2D eigenvalue weighted by atomic mass is 79.9. The molecule has 0 spiro atoms. The van der Waals surface area contributed by atoms with Gasteiger partial charge in [-0.25, -0.2) is 4.98 Å². The third kappa shape index (κ3) is 4.54. The van der Waals surface area contributed by atoms with Gasteiger partial charge in [0.25, 0.3) is 5.91 Å². The number of halogens is 1. The van der Waals surface area contributed by atoms with Crippen molar-refractivity contribution >= 4 is 48.5 Å². The predicted octanol–water partition coefficient (Wildman–Crippen LogP) is 3.92. The Morgan fingerprint density at radius 2 is 2.00 bits per heavy atom. The minimum atomic E-state index is -0.0234. The van der Waals surface area contributed by atoms with Crippen molar-refractivity contribution in [1.29, 1.82) is 0 Å². The highest BCUT2D eigenvalue weighted by molar-refractivity contribution is 9.10. The van der Waals surface area contributed by atoms with Crippen molar-refractivity contribution in [2.45, 2.75) is 6.92 Å². The van der Waals surface area contributed by atoms with Gasteiger partial charge in [0.2, 0.25) is 0 Å². The summed E-state index contributed by atoms with van der Waals surface area (Å²) in [5.41, 5.74) is 3.05. The monoisotopic (exact) mass is 458 g/mol. The van der Waals surface area contributed by atoms with Crippen LogP contribution in [0, 0.1) is 6.92 Å². The molecule has 0 radical (unpaired) electrons. The van der Waals surface area contributed by atoms with E-state index in [4.69, 9.17) is 4.98 Å². The quantitative estimate of drug-likeness (QED) is 0.629. The zero-order valence-corrected chi connectivity index (χ0v) is 18.2. The van der Waals surface area contributed by atoms with Crippen molar-refractivity contribution in [3.63, 3.8) is 0 Å². The van der Waals surface area contributed by atoms with Crippen molar-refractivity contribution < 1.29 is 4.79 Å². The summed E-state index contributed by atoms with van der Waals surface area (Å²) in [7, 11) is 0. The van der Waals surface area contributed by atoms with Crippen molar-refractivity contribution in [3.05, 3.63) is 58.1 Å². The standard InChI is InChI=1S/C21H23BrN4OS/c1-15-5-6-18-19(13-15)28-21(24-18)26-11-9-25(10-12-26)8-7-23-20(27)16-3-2-4-17(22)14-16/h2-6,13-14H,7-12H2,1H3,(H,23,27). The summed E-state index contributed by atoms with van der Waals surface area (Å²) in [6, 6.07) is 13.9. The third-order valence-corrected chi connectivity index (χ3v) is 6.55. The molecule has 0 unspecified atom stereocenters. The van der Waals surface area contributed by atoms with E-state index in [1.54, 1.807) is 11.3 Å². The van der Waals surface area contributed by atoms with E-state index in [9.17, 15) is 4.79 Å². The van der Waals surface area contributed by atoms with Gasteiger partial charge in [-0.15, -0.1) is 0 Å². The number of anilines is 1. The highest BCUT2D eigenvalue weighted by Gasteiger charge is 2.19. The lowest BCUT2D eigenvalue weighted by Gasteiger charge is -2.34. The van der Waals surface area contributed by atoms with E-state index in [-0.39, 0.29) is 5.91 Å². The average Bonchev–Trinajstić information content (AvgIpc) is 3.11. The summed E-state index contributed by atoms with van der Waals surface area (Å²) < 4.78 is 2.17. The van der Waals surface area contributed by atoms with E-state index in [1.165, 1.54) is 10.3 Å². The Balaban J connectivity index is 1.25. The van der Waals surface area contributed by atoms with Crippen LogP contribution in [0.2, 0.25) is 0 Å². The molecule has 1 aliphatic rings. The van der Waals surface area contributed by atoms with Crippen molar-refractivity contribution in [2.24, 2.45) is 0 Å². The Bertz CT molecular complexity index is 981. The summed E-state index contributed by atoms with van der Waals surface area (Å²) >= 11 is 5.18. The lowest BCUT2D eigenvalue weighted by atomic mass is 10.2. The van der Waals surface area contributed by atoms with Gasteiger partial charge < -0.3 is 10.2 Å². The van der Waals surface area contributed by atoms with Crippen molar-refractivity contribution in [2.75, 3.05) is 44.2 Å². The Hall–Kier alpha value is -1.96. The number of thiazole rings is 1. The number of aromatic nitrogens is 1. The Morgan fingerprint density at radius 3 is 2.79 bits per heavy atom. The molecular weight excluding hydrogens is 436 g/mol. The number of carbonyl (C=O) groups excluding carboxylic acids is 1. The molecule has 5 nitrogen and oxygen atoms in total. The molecule has 146 valence electrons. The lowest BCUT2D eigenvalue weighted by Crippen LogP contribution is -2.48. The first-order valence-electron chi connectivity index (χ1n) is 9.47. The fourth-order valence-electron chi connectivity index (χ4n) is 3.38. The van der Waals surface area contributed by atoms with Gasteiger partial charge in [-0.2, -0.15) is 0 Å². The molecule has 1 N–H and O–H groups in total. The van der Waals surface area contributed by atoms with E-state index >= 15 is 0 Å². The molecule has 1 fully saturated rings. The van der Waals surface area contributed by atoms with E-state index < -0.39 is 0 Å². The largest absolute Gasteiger partial charge is 0.351 e. The number of nitrogens with zero attached hydrogens (tertiary/aromatic N) is 3. The number of aryl methyl sites for hydroxylation is 1. The highest BCUT2D eigenvalue weighted by Crippen LogP contribution is 2.29. The maximum Gasteiger partial charge on any atom is 0.251 e. The molecule has 7 heteroatoms. The second-order valence-corrected chi connectivity index (χ2v) is 8.99. The molecule has 0 saturated carbocycles. The summed E-state index contributed by atoms with van der Waals surface area (Å²) in [4.78, 5) is 21.8. The molecule has 2 heterocycles. The van der Waals surface area contributed by atoms with Crippen LogP contribution >= 0.6 is 27.3 Å². The second kappa shape index (κ2) is 8.59. The first-order valence-corrected chi connectivity index (χ1v) is 11.1. The van der Waals surface area contributed by atoms with E-state index in [2.05, 4.69) is 56.2 Å². The number of piperazine rings is 1. The molecule has 1 aromatic heterocycles. The first-order chi connectivity index (χ1) is 13.6. The van der Waals surface area contributed by atoms with Gasteiger partial charge in [0.1, 0.15) is 0 Å². The number of nitrogens with one attached hydrogen (secondary N) is 1. The van der Waals surface area contributed by atoms with Crippen LogP contribution in [0.5, 0.6) is 0 Å². The molecule has 0 atom stereocenters. The number of amides is 1. The van der Waals surface area contributed by atoms with Crippen LogP contribution in [0.15, 0.2) is 46.9 Å². The van der Waals surface area contributed by atoms with E-state index in [0.717, 1.165) is 47.8 Å². The zero-order chi connectivity index (χ0) is 19.5. The minimum absolute atomic E-state index is 0.0234. The van der Waals surface area contributed by atoms with Crippen LogP contribution in [0.3, 0.4) is 0 Å². The first kappa shape index (κ1) is 19.4. The topological polar surface area (TPSA) is 48.5 Å². The minimum Gasteiger partial charge on any atom is -0.351 e. The number of rotatable bonds is 5. The van der Waals surface area contributed by atoms with Gasteiger partial charge >= 0.3 is 0 Å². The molecule has 0 bridgehead atoms. The molecule has 2 aromatic carbocycles. The molecular formula is C21H23BrN4OS. The number of hydrogen-bond donors (Lipinski definition) is 1. The van der Waals surface area contributed by atoms with Gasteiger partial charge in [0.15, 0.2) is 5.13 Å².